The number of nitrogen functional groups attached to an aromatic ring is 1. The molecular formula is C14H14ClFN2O2S. The molecule has 0 atom stereocenters. The number of rotatable bonds is 3. The zero-order valence-electron chi connectivity index (χ0n) is 11.4. The van der Waals surface area contributed by atoms with Crippen molar-refractivity contribution in [2.45, 2.75) is 18.7 Å². The maximum Gasteiger partial charge on any atom is 0.262 e. The molecule has 4 nitrogen and oxygen atoms in total. The van der Waals surface area contributed by atoms with E-state index in [-0.39, 0.29) is 10.6 Å². The first-order chi connectivity index (χ1) is 9.70. The summed E-state index contributed by atoms with van der Waals surface area (Å²) in [7, 11) is -3.84. The number of nitrogens with two attached hydrogens (primary N) is 1. The van der Waals surface area contributed by atoms with Crippen LogP contribution in [0.5, 0.6) is 0 Å². The monoisotopic (exact) mass is 328 g/mol. The van der Waals surface area contributed by atoms with Gasteiger partial charge in [0, 0.05) is 0 Å². The minimum Gasteiger partial charge on any atom is -0.397 e. The lowest BCUT2D eigenvalue weighted by atomic mass is 10.1. The zero-order chi connectivity index (χ0) is 15.8. The first-order valence-corrected chi connectivity index (χ1v) is 7.91. The van der Waals surface area contributed by atoms with E-state index in [4.69, 9.17) is 17.3 Å². The Morgan fingerprint density at radius 3 is 2.24 bits per heavy atom. The van der Waals surface area contributed by atoms with Crippen molar-refractivity contribution in [3.8, 4) is 0 Å². The Balaban J connectivity index is 2.46. The number of hydrogen-bond acceptors (Lipinski definition) is 3. The van der Waals surface area contributed by atoms with Gasteiger partial charge in [0.2, 0.25) is 0 Å². The van der Waals surface area contributed by atoms with Crippen LogP contribution in [-0.4, -0.2) is 8.42 Å². The number of aryl methyl sites for hydroxylation is 2. The molecule has 0 amide bonds. The van der Waals surface area contributed by atoms with Gasteiger partial charge in [-0.1, -0.05) is 11.6 Å². The highest BCUT2D eigenvalue weighted by atomic mass is 35.5. The second kappa shape index (κ2) is 5.54. The van der Waals surface area contributed by atoms with Crippen molar-refractivity contribution in [1.29, 1.82) is 0 Å². The quantitative estimate of drug-likeness (QED) is 0.847. The van der Waals surface area contributed by atoms with Crippen LogP contribution in [0.2, 0.25) is 5.02 Å². The summed E-state index contributed by atoms with van der Waals surface area (Å²) in [6, 6.07) is 6.78. The number of nitrogens with one attached hydrogen (secondary N) is 1. The van der Waals surface area contributed by atoms with Gasteiger partial charge in [-0.25, -0.2) is 12.8 Å². The van der Waals surface area contributed by atoms with E-state index in [0.717, 1.165) is 0 Å². The molecule has 0 aliphatic carbocycles. The molecule has 2 aromatic rings. The molecule has 0 heterocycles. The first kappa shape index (κ1) is 15.6. The fraction of sp³-hybridized carbons (Fsp3) is 0.143. The number of benzene rings is 2. The van der Waals surface area contributed by atoms with Crippen molar-refractivity contribution < 1.29 is 12.8 Å². The minimum absolute atomic E-state index is 0.0532. The average Bonchev–Trinajstić information content (AvgIpc) is 2.31. The molecule has 21 heavy (non-hydrogen) atoms. The van der Waals surface area contributed by atoms with Crippen LogP contribution in [0.15, 0.2) is 35.2 Å². The molecular weight excluding hydrogens is 315 g/mol. The summed E-state index contributed by atoms with van der Waals surface area (Å²) in [5.41, 5.74) is 6.87. The van der Waals surface area contributed by atoms with Crippen LogP contribution < -0.4 is 10.5 Å². The van der Waals surface area contributed by atoms with Crippen LogP contribution in [0.1, 0.15) is 11.1 Å². The third-order valence-electron chi connectivity index (χ3n) is 2.94. The van der Waals surface area contributed by atoms with Crippen LogP contribution in [0, 0.1) is 19.7 Å². The molecule has 7 heteroatoms. The molecule has 2 rings (SSSR count). The lowest BCUT2D eigenvalue weighted by molar-refractivity contribution is 0.597. The van der Waals surface area contributed by atoms with Crippen molar-refractivity contribution in [3.05, 3.63) is 52.3 Å². The van der Waals surface area contributed by atoms with E-state index in [1.165, 1.54) is 30.3 Å². The van der Waals surface area contributed by atoms with Crippen molar-refractivity contribution in [2.75, 3.05) is 10.5 Å². The molecule has 0 aliphatic heterocycles. The summed E-state index contributed by atoms with van der Waals surface area (Å²) in [4.78, 5) is 0.0532. The van der Waals surface area contributed by atoms with E-state index in [2.05, 4.69) is 4.72 Å². The van der Waals surface area contributed by atoms with Gasteiger partial charge >= 0.3 is 0 Å². The fourth-order valence-electron chi connectivity index (χ4n) is 2.13. The number of hydrogen-bond donors (Lipinski definition) is 2. The lowest BCUT2D eigenvalue weighted by Crippen LogP contribution is -2.16. The van der Waals surface area contributed by atoms with Gasteiger partial charge in [0.15, 0.2) is 0 Å². The summed E-state index contributed by atoms with van der Waals surface area (Å²) in [6.45, 7) is 3.09. The van der Waals surface area contributed by atoms with E-state index in [9.17, 15) is 12.8 Å². The van der Waals surface area contributed by atoms with E-state index in [1.807, 2.05) is 0 Å². The Hall–Kier alpha value is -1.79. The maximum atomic E-state index is 13.3. The normalized spacial score (nSPS) is 11.4. The van der Waals surface area contributed by atoms with Gasteiger partial charge < -0.3 is 5.73 Å². The lowest BCUT2D eigenvalue weighted by Gasteiger charge is -2.13. The first-order valence-electron chi connectivity index (χ1n) is 6.05. The SMILES string of the molecule is Cc1cc(F)cc(C)c1S(=O)(=O)Nc1ccc(Cl)c(N)c1. The summed E-state index contributed by atoms with van der Waals surface area (Å²) in [5.74, 6) is -0.473. The van der Waals surface area contributed by atoms with Crippen molar-refractivity contribution >= 4 is 33.0 Å². The maximum absolute atomic E-state index is 13.3. The van der Waals surface area contributed by atoms with Crippen molar-refractivity contribution in [1.82, 2.24) is 0 Å². The van der Waals surface area contributed by atoms with E-state index >= 15 is 0 Å². The third kappa shape index (κ3) is 3.28. The van der Waals surface area contributed by atoms with E-state index in [1.54, 1.807) is 13.8 Å². The number of sulfonamides is 1. The Kier molecular flexibility index (Phi) is 4.11. The summed E-state index contributed by atoms with van der Waals surface area (Å²) in [6.07, 6.45) is 0. The Morgan fingerprint density at radius 2 is 1.71 bits per heavy atom. The summed E-state index contributed by atoms with van der Waals surface area (Å²) < 4.78 is 40.6. The Morgan fingerprint density at radius 1 is 1.14 bits per heavy atom. The van der Waals surface area contributed by atoms with Gasteiger partial charge in [-0.3, -0.25) is 4.72 Å². The molecule has 0 unspecified atom stereocenters. The smallest absolute Gasteiger partial charge is 0.262 e. The molecule has 0 fully saturated rings. The van der Waals surface area contributed by atoms with Gasteiger partial charge in [0.25, 0.3) is 10.0 Å². The summed E-state index contributed by atoms with van der Waals surface area (Å²) in [5, 5.41) is 0.340. The Labute approximate surface area is 127 Å². The standard InChI is InChI=1S/C14H14ClFN2O2S/c1-8-5-10(16)6-9(2)14(8)21(19,20)18-11-3-4-12(15)13(17)7-11/h3-7,18H,17H2,1-2H3. The molecule has 112 valence electrons. The molecule has 0 bridgehead atoms. The van der Waals surface area contributed by atoms with Crippen molar-refractivity contribution in [2.24, 2.45) is 0 Å². The number of halogens is 2. The van der Waals surface area contributed by atoms with Gasteiger partial charge in [-0.05, 0) is 55.3 Å². The second-order valence-electron chi connectivity index (χ2n) is 4.71. The van der Waals surface area contributed by atoms with Crippen LogP contribution in [0.25, 0.3) is 0 Å². The Bertz CT molecular complexity index is 784. The fourth-order valence-corrected chi connectivity index (χ4v) is 3.76. The highest BCUT2D eigenvalue weighted by molar-refractivity contribution is 7.92. The highest BCUT2D eigenvalue weighted by Gasteiger charge is 2.20. The highest BCUT2D eigenvalue weighted by Crippen LogP contribution is 2.27. The second-order valence-corrected chi connectivity index (χ2v) is 6.74. The van der Waals surface area contributed by atoms with Crippen LogP contribution in [0.3, 0.4) is 0 Å². The van der Waals surface area contributed by atoms with Crippen LogP contribution in [0.4, 0.5) is 15.8 Å². The average molecular weight is 329 g/mol. The van der Waals surface area contributed by atoms with Crippen LogP contribution in [-0.2, 0) is 10.0 Å². The van der Waals surface area contributed by atoms with Gasteiger partial charge in [0.05, 0.1) is 21.3 Å². The summed E-state index contributed by atoms with van der Waals surface area (Å²) >= 11 is 5.79. The molecule has 0 spiro atoms. The molecule has 0 saturated carbocycles. The predicted molar refractivity (Wildman–Crippen MR) is 82.5 cm³/mol. The molecule has 3 N–H and O–H groups in total. The van der Waals surface area contributed by atoms with Crippen LogP contribution >= 0.6 is 11.6 Å². The van der Waals surface area contributed by atoms with E-state index < -0.39 is 15.8 Å². The van der Waals surface area contributed by atoms with Gasteiger partial charge in [-0.2, -0.15) is 0 Å². The van der Waals surface area contributed by atoms with Gasteiger partial charge in [0.1, 0.15) is 5.82 Å². The zero-order valence-corrected chi connectivity index (χ0v) is 13.0. The van der Waals surface area contributed by atoms with E-state index in [0.29, 0.717) is 21.8 Å². The largest absolute Gasteiger partial charge is 0.397 e. The minimum atomic E-state index is -3.84. The third-order valence-corrected chi connectivity index (χ3v) is 4.97. The topological polar surface area (TPSA) is 72.2 Å². The number of anilines is 2. The molecule has 0 saturated heterocycles. The molecule has 2 aromatic carbocycles. The van der Waals surface area contributed by atoms with Gasteiger partial charge in [-0.15, -0.1) is 0 Å². The van der Waals surface area contributed by atoms with Crippen molar-refractivity contribution in [3.63, 3.8) is 0 Å². The predicted octanol–water partition coefficient (Wildman–Crippen LogP) is 3.48. The molecule has 0 aliphatic rings. The molecule has 0 radical (unpaired) electrons. The molecule has 0 aromatic heterocycles.